The molecular weight excluding hydrogens is 406 g/mol. The molecule has 0 radical (unpaired) electrons. The number of benzene rings is 2. The zero-order valence-electron chi connectivity index (χ0n) is 14.5. The summed E-state index contributed by atoms with van der Waals surface area (Å²) in [5.41, 5.74) is -1.87. The molecular formula is C19H17ClF6N2. The maximum absolute atomic E-state index is 13.6. The molecule has 9 heteroatoms. The van der Waals surface area contributed by atoms with Crippen molar-refractivity contribution in [2.75, 3.05) is 26.2 Å². The van der Waals surface area contributed by atoms with Crippen LogP contribution < -0.4 is 5.32 Å². The summed E-state index contributed by atoms with van der Waals surface area (Å²) < 4.78 is 80.7. The third kappa shape index (κ3) is 4.45. The fourth-order valence-electron chi connectivity index (χ4n) is 3.45. The van der Waals surface area contributed by atoms with Gasteiger partial charge in [-0.05, 0) is 29.3 Å². The molecule has 1 aliphatic heterocycles. The molecule has 3 rings (SSSR count). The van der Waals surface area contributed by atoms with Crippen LogP contribution in [0.5, 0.6) is 0 Å². The first-order chi connectivity index (χ1) is 13.1. The second kappa shape index (κ2) is 7.93. The summed E-state index contributed by atoms with van der Waals surface area (Å²) in [5, 5.41) is 2.61. The van der Waals surface area contributed by atoms with Gasteiger partial charge < -0.3 is 5.32 Å². The summed E-state index contributed by atoms with van der Waals surface area (Å²) in [5.74, 6) is 0. The van der Waals surface area contributed by atoms with Crippen molar-refractivity contribution in [3.8, 4) is 0 Å². The molecule has 0 bridgehead atoms. The molecule has 0 aliphatic carbocycles. The SMILES string of the molecule is FC(F)(F)c1cc(C(c2ccccc2C(F)(F)F)N2CCNCC2)ccc1Cl. The number of nitrogens with zero attached hydrogens (tertiary/aromatic N) is 1. The molecule has 152 valence electrons. The Kier molecular flexibility index (Phi) is 5.93. The van der Waals surface area contributed by atoms with Crippen LogP contribution in [0.4, 0.5) is 26.3 Å². The largest absolute Gasteiger partial charge is 0.417 e. The minimum Gasteiger partial charge on any atom is -0.314 e. The normalized spacial score (nSPS) is 17.5. The lowest BCUT2D eigenvalue weighted by atomic mass is 9.91. The van der Waals surface area contributed by atoms with Crippen molar-refractivity contribution in [3.05, 3.63) is 69.7 Å². The third-order valence-corrected chi connectivity index (χ3v) is 5.02. The number of alkyl halides is 6. The highest BCUT2D eigenvalue weighted by molar-refractivity contribution is 6.31. The van der Waals surface area contributed by atoms with E-state index in [4.69, 9.17) is 11.6 Å². The van der Waals surface area contributed by atoms with Gasteiger partial charge >= 0.3 is 12.4 Å². The molecule has 1 heterocycles. The van der Waals surface area contributed by atoms with Crippen LogP contribution in [0.2, 0.25) is 5.02 Å². The molecule has 1 unspecified atom stereocenters. The van der Waals surface area contributed by atoms with E-state index < -0.39 is 34.5 Å². The zero-order chi connectivity index (χ0) is 20.5. The van der Waals surface area contributed by atoms with Gasteiger partial charge in [0.05, 0.1) is 22.2 Å². The molecule has 1 aliphatic rings. The molecule has 0 amide bonds. The first-order valence-corrected chi connectivity index (χ1v) is 8.94. The Hall–Kier alpha value is -1.77. The summed E-state index contributed by atoms with van der Waals surface area (Å²) in [4.78, 5) is 1.75. The molecule has 2 nitrogen and oxygen atoms in total. The Morgan fingerprint density at radius 2 is 1.46 bits per heavy atom. The lowest BCUT2D eigenvalue weighted by Gasteiger charge is -2.37. The Labute approximate surface area is 163 Å². The molecule has 1 saturated heterocycles. The second-order valence-corrected chi connectivity index (χ2v) is 6.92. The van der Waals surface area contributed by atoms with Gasteiger partial charge in [-0.1, -0.05) is 35.9 Å². The van der Waals surface area contributed by atoms with Gasteiger partial charge in [-0.3, -0.25) is 4.90 Å². The minimum absolute atomic E-state index is 0.0765. The summed E-state index contributed by atoms with van der Waals surface area (Å²) in [6.45, 7) is 1.87. The van der Waals surface area contributed by atoms with E-state index in [1.807, 2.05) is 0 Å². The van der Waals surface area contributed by atoms with E-state index in [0.29, 0.717) is 26.2 Å². The van der Waals surface area contributed by atoms with Crippen molar-refractivity contribution in [1.29, 1.82) is 0 Å². The molecule has 1 N–H and O–H groups in total. The smallest absolute Gasteiger partial charge is 0.314 e. The third-order valence-electron chi connectivity index (χ3n) is 4.69. The van der Waals surface area contributed by atoms with Gasteiger partial charge in [0.25, 0.3) is 0 Å². The van der Waals surface area contributed by atoms with Gasteiger partial charge in [-0.15, -0.1) is 0 Å². The predicted octanol–water partition coefficient (Wildman–Crippen LogP) is 5.37. The zero-order valence-corrected chi connectivity index (χ0v) is 15.3. The van der Waals surface area contributed by atoms with Gasteiger partial charge in [0, 0.05) is 26.2 Å². The van der Waals surface area contributed by atoms with Crippen molar-refractivity contribution in [1.82, 2.24) is 10.2 Å². The average molecular weight is 423 g/mol. The maximum Gasteiger partial charge on any atom is 0.417 e. The number of piperazine rings is 1. The van der Waals surface area contributed by atoms with E-state index in [0.717, 1.165) is 18.2 Å². The number of hydrogen-bond acceptors (Lipinski definition) is 2. The van der Waals surface area contributed by atoms with E-state index in [1.165, 1.54) is 24.3 Å². The predicted molar refractivity (Wildman–Crippen MR) is 94.2 cm³/mol. The topological polar surface area (TPSA) is 15.3 Å². The summed E-state index contributed by atoms with van der Waals surface area (Å²) in [6.07, 6.45) is -9.33. The fraction of sp³-hybridized carbons (Fsp3) is 0.368. The van der Waals surface area contributed by atoms with Crippen molar-refractivity contribution < 1.29 is 26.3 Å². The van der Waals surface area contributed by atoms with Gasteiger partial charge in [0.15, 0.2) is 0 Å². The Morgan fingerprint density at radius 1 is 0.857 bits per heavy atom. The molecule has 2 aromatic rings. The lowest BCUT2D eigenvalue weighted by Crippen LogP contribution is -2.45. The minimum atomic E-state index is -4.70. The van der Waals surface area contributed by atoms with E-state index in [9.17, 15) is 26.3 Å². The highest BCUT2D eigenvalue weighted by atomic mass is 35.5. The lowest BCUT2D eigenvalue weighted by molar-refractivity contribution is -0.139. The first-order valence-electron chi connectivity index (χ1n) is 8.56. The van der Waals surface area contributed by atoms with E-state index in [-0.39, 0.29) is 11.1 Å². The highest BCUT2D eigenvalue weighted by Crippen LogP contribution is 2.42. The van der Waals surface area contributed by atoms with Crippen LogP contribution in [0.3, 0.4) is 0 Å². The Bertz CT molecular complexity index is 828. The quantitative estimate of drug-likeness (QED) is 0.669. The van der Waals surface area contributed by atoms with E-state index in [1.54, 1.807) is 4.90 Å². The summed E-state index contributed by atoms with van der Waals surface area (Å²) in [6, 6.07) is 7.32. The monoisotopic (exact) mass is 422 g/mol. The molecule has 0 saturated carbocycles. The van der Waals surface area contributed by atoms with Crippen molar-refractivity contribution >= 4 is 11.6 Å². The van der Waals surface area contributed by atoms with Crippen molar-refractivity contribution in [2.45, 2.75) is 18.4 Å². The fourth-order valence-corrected chi connectivity index (χ4v) is 3.68. The summed E-state index contributed by atoms with van der Waals surface area (Å²) in [7, 11) is 0. The van der Waals surface area contributed by atoms with Crippen LogP contribution in [0.1, 0.15) is 28.3 Å². The molecule has 2 aromatic carbocycles. The van der Waals surface area contributed by atoms with Crippen LogP contribution in [0, 0.1) is 0 Å². The number of nitrogens with one attached hydrogen (secondary N) is 1. The van der Waals surface area contributed by atoms with E-state index in [2.05, 4.69) is 5.32 Å². The van der Waals surface area contributed by atoms with Crippen LogP contribution in [-0.4, -0.2) is 31.1 Å². The Morgan fingerprint density at radius 3 is 2.07 bits per heavy atom. The molecule has 0 spiro atoms. The molecule has 1 atom stereocenters. The van der Waals surface area contributed by atoms with Gasteiger partial charge in [0.2, 0.25) is 0 Å². The Balaban J connectivity index is 2.18. The van der Waals surface area contributed by atoms with Crippen LogP contribution >= 0.6 is 11.6 Å². The number of halogens is 7. The first kappa shape index (κ1) is 21.0. The average Bonchev–Trinajstić information content (AvgIpc) is 2.63. The highest BCUT2D eigenvalue weighted by Gasteiger charge is 2.39. The number of rotatable bonds is 3. The summed E-state index contributed by atoms with van der Waals surface area (Å²) >= 11 is 5.70. The molecule has 28 heavy (non-hydrogen) atoms. The van der Waals surface area contributed by atoms with Crippen molar-refractivity contribution in [2.24, 2.45) is 0 Å². The molecule has 0 aromatic heterocycles. The number of hydrogen-bond donors (Lipinski definition) is 1. The van der Waals surface area contributed by atoms with Crippen LogP contribution in [-0.2, 0) is 12.4 Å². The standard InChI is InChI=1S/C19H17ClF6N2/c20-16-6-5-12(11-15(16)19(24,25)26)17(28-9-7-27-8-10-28)13-3-1-2-4-14(13)18(21,22)23/h1-6,11,17,27H,7-10H2. The van der Waals surface area contributed by atoms with Gasteiger partial charge in [0.1, 0.15) is 0 Å². The van der Waals surface area contributed by atoms with Crippen LogP contribution in [0.15, 0.2) is 42.5 Å². The maximum atomic E-state index is 13.6. The van der Waals surface area contributed by atoms with Gasteiger partial charge in [-0.2, -0.15) is 26.3 Å². The second-order valence-electron chi connectivity index (χ2n) is 6.51. The van der Waals surface area contributed by atoms with E-state index >= 15 is 0 Å². The van der Waals surface area contributed by atoms with Gasteiger partial charge in [-0.25, -0.2) is 0 Å². The van der Waals surface area contributed by atoms with Crippen molar-refractivity contribution in [3.63, 3.8) is 0 Å². The molecule has 1 fully saturated rings. The van der Waals surface area contributed by atoms with Crippen LogP contribution in [0.25, 0.3) is 0 Å².